The van der Waals surface area contributed by atoms with E-state index < -0.39 is 0 Å². The van der Waals surface area contributed by atoms with Gasteiger partial charge in [0.15, 0.2) is 0 Å². The standard InChI is InChI=1S/C16H12O2/c17-16(12-6-2-1-3-7-12)18-15-10-13-8-4-5-9-14(13)11-15/h1-10H,11H2. The van der Waals surface area contributed by atoms with Crippen molar-refractivity contribution in [3.05, 3.63) is 77.0 Å². The third-order valence-corrected chi connectivity index (χ3v) is 2.97. The van der Waals surface area contributed by atoms with E-state index in [1.807, 2.05) is 42.5 Å². The van der Waals surface area contributed by atoms with Crippen molar-refractivity contribution >= 4 is 12.0 Å². The van der Waals surface area contributed by atoms with Gasteiger partial charge in [-0.3, -0.25) is 0 Å². The number of ether oxygens (including phenoxy) is 1. The molecule has 1 aliphatic rings. The van der Waals surface area contributed by atoms with E-state index in [4.69, 9.17) is 4.74 Å². The Morgan fingerprint density at radius 1 is 0.944 bits per heavy atom. The monoisotopic (exact) mass is 236 g/mol. The summed E-state index contributed by atoms with van der Waals surface area (Å²) in [6.45, 7) is 0. The van der Waals surface area contributed by atoms with Crippen molar-refractivity contribution in [1.82, 2.24) is 0 Å². The summed E-state index contributed by atoms with van der Waals surface area (Å²) in [5, 5.41) is 0. The quantitative estimate of drug-likeness (QED) is 0.746. The van der Waals surface area contributed by atoms with E-state index in [2.05, 4.69) is 6.07 Å². The molecular weight excluding hydrogens is 224 g/mol. The fourth-order valence-corrected chi connectivity index (χ4v) is 2.07. The lowest BCUT2D eigenvalue weighted by Gasteiger charge is -2.04. The largest absolute Gasteiger partial charge is 0.427 e. The van der Waals surface area contributed by atoms with Crippen LogP contribution in [-0.4, -0.2) is 5.97 Å². The van der Waals surface area contributed by atoms with Crippen molar-refractivity contribution in [2.75, 3.05) is 0 Å². The number of benzene rings is 2. The van der Waals surface area contributed by atoms with Crippen LogP contribution in [0.5, 0.6) is 0 Å². The first kappa shape index (κ1) is 10.8. The van der Waals surface area contributed by atoms with E-state index in [1.165, 1.54) is 5.56 Å². The number of allylic oxidation sites excluding steroid dienone is 1. The lowest BCUT2D eigenvalue weighted by atomic mass is 10.1. The van der Waals surface area contributed by atoms with Gasteiger partial charge in [-0.25, -0.2) is 4.79 Å². The van der Waals surface area contributed by atoms with Gasteiger partial charge in [0.25, 0.3) is 0 Å². The van der Waals surface area contributed by atoms with Crippen LogP contribution in [0, 0.1) is 0 Å². The first-order valence-corrected chi connectivity index (χ1v) is 5.88. The Hall–Kier alpha value is -2.35. The molecule has 0 radical (unpaired) electrons. The zero-order valence-electron chi connectivity index (χ0n) is 9.80. The predicted octanol–water partition coefficient (Wildman–Crippen LogP) is 3.44. The van der Waals surface area contributed by atoms with Gasteiger partial charge in [0.1, 0.15) is 5.76 Å². The van der Waals surface area contributed by atoms with Gasteiger partial charge >= 0.3 is 5.97 Å². The van der Waals surface area contributed by atoms with Crippen LogP contribution >= 0.6 is 0 Å². The molecule has 0 aliphatic heterocycles. The fourth-order valence-electron chi connectivity index (χ4n) is 2.07. The summed E-state index contributed by atoms with van der Waals surface area (Å²) in [6, 6.07) is 17.1. The highest BCUT2D eigenvalue weighted by Gasteiger charge is 2.16. The van der Waals surface area contributed by atoms with E-state index in [0.29, 0.717) is 17.7 Å². The van der Waals surface area contributed by atoms with Crippen LogP contribution in [0.1, 0.15) is 21.5 Å². The molecule has 2 nitrogen and oxygen atoms in total. The molecule has 0 atom stereocenters. The van der Waals surface area contributed by atoms with Gasteiger partial charge in [-0.2, -0.15) is 0 Å². The average Bonchev–Trinajstić information content (AvgIpc) is 2.82. The van der Waals surface area contributed by atoms with E-state index in [9.17, 15) is 4.79 Å². The third-order valence-electron chi connectivity index (χ3n) is 2.97. The van der Waals surface area contributed by atoms with Crippen LogP contribution < -0.4 is 0 Å². The molecule has 2 heteroatoms. The Labute approximate surface area is 106 Å². The highest BCUT2D eigenvalue weighted by Crippen LogP contribution is 2.25. The van der Waals surface area contributed by atoms with Crippen LogP contribution in [0.25, 0.3) is 6.08 Å². The van der Waals surface area contributed by atoms with Gasteiger partial charge in [-0.15, -0.1) is 0 Å². The van der Waals surface area contributed by atoms with Gasteiger partial charge in [0.05, 0.1) is 5.56 Å². The van der Waals surface area contributed by atoms with Crippen molar-refractivity contribution in [3.63, 3.8) is 0 Å². The second-order valence-corrected chi connectivity index (χ2v) is 4.24. The summed E-state index contributed by atoms with van der Waals surface area (Å²) >= 11 is 0. The molecule has 0 amide bonds. The van der Waals surface area contributed by atoms with Crippen molar-refractivity contribution in [2.45, 2.75) is 6.42 Å². The molecule has 18 heavy (non-hydrogen) atoms. The van der Waals surface area contributed by atoms with Gasteiger partial charge in [0.2, 0.25) is 0 Å². The molecule has 88 valence electrons. The van der Waals surface area contributed by atoms with Crippen molar-refractivity contribution in [3.8, 4) is 0 Å². The maximum atomic E-state index is 11.9. The van der Waals surface area contributed by atoms with Gasteiger partial charge < -0.3 is 4.74 Å². The fraction of sp³-hybridized carbons (Fsp3) is 0.0625. The molecule has 3 rings (SSSR count). The topological polar surface area (TPSA) is 26.3 Å². The number of carbonyl (C=O) groups is 1. The zero-order chi connectivity index (χ0) is 12.4. The summed E-state index contributed by atoms with van der Waals surface area (Å²) < 4.78 is 5.40. The summed E-state index contributed by atoms with van der Waals surface area (Å²) in [7, 11) is 0. The first-order chi connectivity index (χ1) is 8.83. The third kappa shape index (κ3) is 2.05. The second kappa shape index (κ2) is 4.49. The van der Waals surface area contributed by atoms with Gasteiger partial charge in [-0.1, -0.05) is 42.5 Å². The Bertz CT molecular complexity index is 612. The summed E-state index contributed by atoms with van der Waals surface area (Å²) in [6.07, 6.45) is 2.62. The van der Waals surface area contributed by atoms with Gasteiger partial charge in [0, 0.05) is 6.42 Å². The summed E-state index contributed by atoms with van der Waals surface area (Å²) in [5.41, 5.74) is 2.91. The van der Waals surface area contributed by atoms with E-state index >= 15 is 0 Å². The molecule has 2 aromatic rings. The number of fused-ring (bicyclic) bond motifs is 1. The highest BCUT2D eigenvalue weighted by molar-refractivity contribution is 5.90. The molecule has 0 heterocycles. The lowest BCUT2D eigenvalue weighted by molar-refractivity contribution is 0.0623. The molecule has 1 aliphatic carbocycles. The minimum atomic E-state index is -0.297. The molecule has 0 unspecified atom stereocenters. The van der Waals surface area contributed by atoms with Crippen molar-refractivity contribution in [2.24, 2.45) is 0 Å². The molecule has 0 spiro atoms. The highest BCUT2D eigenvalue weighted by atomic mass is 16.5. The normalized spacial score (nSPS) is 12.8. The second-order valence-electron chi connectivity index (χ2n) is 4.24. The maximum Gasteiger partial charge on any atom is 0.343 e. The first-order valence-electron chi connectivity index (χ1n) is 5.88. The summed E-state index contributed by atoms with van der Waals surface area (Å²) in [5.74, 6) is 0.416. The number of esters is 1. The molecule has 0 aromatic heterocycles. The van der Waals surface area contributed by atoms with Crippen LogP contribution in [0.3, 0.4) is 0 Å². The van der Waals surface area contributed by atoms with Crippen LogP contribution in [0.15, 0.2) is 60.4 Å². The number of hydrogen-bond donors (Lipinski definition) is 0. The lowest BCUT2D eigenvalue weighted by Crippen LogP contribution is -2.04. The Morgan fingerprint density at radius 2 is 1.67 bits per heavy atom. The van der Waals surface area contributed by atoms with Gasteiger partial charge in [-0.05, 0) is 29.3 Å². The molecule has 2 aromatic carbocycles. The maximum absolute atomic E-state index is 11.9. The SMILES string of the molecule is O=C(OC1=Cc2ccccc2C1)c1ccccc1. The van der Waals surface area contributed by atoms with E-state index in [1.54, 1.807) is 12.1 Å². The summed E-state index contributed by atoms with van der Waals surface area (Å²) in [4.78, 5) is 11.9. The van der Waals surface area contributed by atoms with Crippen LogP contribution in [0.2, 0.25) is 0 Å². The molecular formula is C16H12O2. The Morgan fingerprint density at radius 3 is 2.44 bits per heavy atom. The molecule has 0 saturated carbocycles. The smallest absolute Gasteiger partial charge is 0.343 e. The number of hydrogen-bond acceptors (Lipinski definition) is 2. The van der Waals surface area contributed by atoms with Crippen molar-refractivity contribution < 1.29 is 9.53 Å². The van der Waals surface area contributed by atoms with Crippen molar-refractivity contribution in [1.29, 1.82) is 0 Å². The predicted molar refractivity (Wildman–Crippen MR) is 70.0 cm³/mol. The van der Waals surface area contributed by atoms with E-state index in [-0.39, 0.29) is 5.97 Å². The molecule has 0 N–H and O–H groups in total. The number of rotatable bonds is 2. The Kier molecular flexibility index (Phi) is 2.69. The van der Waals surface area contributed by atoms with E-state index in [0.717, 1.165) is 5.56 Å². The van der Waals surface area contributed by atoms with Crippen LogP contribution in [0.4, 0.5) is 0 Å². The minimum Gasteiger partial charge on any atom is -0.427 e. The molecule has 0 saturated heterocycles. The average molecular weight is 236 g/mol. The minimum absolute atomic E-state index is 0.297. The zero-order valence-corrected chi connectivity index (χ0v) is 9.80. The molecule has 0 fully saturated rings. The number of carbonyl (C=O) groups excluding carboxylic acids is 1. The van der Waals surface area contributed by atoms with Crippen LogP contribution in [-0.2, 0) is 11.2 Å². The Balaban J connectivity index is 1.75. The molecule has 0 bridgehead atoms.